The van der Waals surface area contributed by atoms with E-state index in [2.05, 4.69) is 25.2 Å². The van der Waals surface area contributed by atoms with Crippen LogP contribution in [0.1, 0.15) is 42.6 Å². The van der Waals surface area contributed by atoms with Crippen LogP contribution in [0.25, 0.3) is 5.78 Å². The summed E-state index contributed by atoms with van der Waals surface area (Å²) in [5.41, 5.74) is -0.819. The molecule has 4 heterocycles. The molecule has 0 radical (unpaired) electrons. The quantitative estimate of drug-likeness (QED) is 0.724. The Morgan fingerprint density at radius 1 is 1.33 bits per heavy atom. The van der Waals surface area contributed by atoms with Crippen LogP contribution in [0.15, 0.2) is 16.9 Å². The second kappa shape index (κ2) is 4.71. The lowest BCUT2D eigenvalue weighted by Crippen LogP contribution is -2.29. The number of rotatable bonds is 3. The van der Waals surface area contributed by atoms with Crippen molar-refractivity contribution in [1.29, 1.82) is 0 Å². The number of aryl methyl sites for hydroxylation is 1. The number of hydrogen-bond acceptors (Lipinski definition) is 7. The van der Waals surface area contributed by atoms with Gasteiger partial charge < -0.3 is 9.42 Å². The second-order valence-electron chi connectivity index (χ2n) is 6.60. The molecule has 1 aliphatic carbocycles. The van der Waals surface area contributed by atoms with Gasteiger partial charge in [-0.25, -0.2) is 9.37 Å². The topological polar surface area (TPSA) is 85.2 Å². The molecular formula is C15H16FN7O. The van der Waals surface area contributed by atoms with Crippen LogP contribution in [0.2, 0.25) is 0 Å². The summed E-state index contributed by atoms with van der Waals surface area (Å²) in [6, 6.07) is 1.89. The Bertz CT molecular complexity index is 918. The van der Waals surface area contributed by atoms with E-state index in [1.807, 2.05) is 17.9 Å². The molecule has 0 amide bonds. The van der Waals surface area contributed by atoms with Crippen molar-refractivity contribution in [3.63, 3.8) is 0 Å². The van der Waals surface area contributed by atoms with E-state index in [1.165, 1.54) is 6.33 Å². The molecule has 1 aliphatic heterocycles. The third kappa shape index (κ3) is 2.07. The molecule has 5 rings (SSSR count). The molecule has 1 saturated carbocycles. The fraction of sp³-hybridized carbons (Fsp3) is 0.533. The summed E-state index contributed by atoms with van der Waals surface area (Å²) in [7, 11) is 0. The van der Waals surface area contributed by atoms with Crippen LogP contribution in [0.3, 0.4) is 0 Å². The van der Waals surface area contributed by atoms with Gasteiger partial charge in [0.25, 0.3) is 11.7 Å². The van der Waals surface area contributed by atoms with E-state index in [-0.39, 0.29) is 12.4 Å². The first-order valence-corrected chi connectivity index (χ1v) is 8.08. The van der Waals surface area contributed by atoms with Crippen LogP contribution < -0.4 is 4.90 Å². The Kier molecular flexibility index (Phi) is 2.71. The molecule has 124 valence electrons. The van der Waals surface area contributed by atoms with E-state index < -0.39 is 5.67 Å². The lowest BCUT2D eigenvalue weighted by molar-refractivity contribution is 0.135. The summed E-state index contributed by atoms with van der Waals surface area (Å²) >= 11 is 0. The normalized spacial score (nSPS) is 24.2. The molecule has 3 aromatic rings. The molecule has 0 bridgehead atoms. The Hall–Kier alpha value is -2.58. The highest BCUT2D eigenvalue weighted by Crippen LogP contribution is 2.41. The standard InChI is InChI=1S/C15H16FN7O/c1-9-6-11(23-14(19-9)17-8-18-23)22-5-4-15(16,7-22)13-20-12(21-24-13)10-2-3-10/h6,8,10H,2-5,7H2,1H3. The van der Waals surface area contributed by atoms with Crippen molar-refractivity contribution in [2.75, 3.05) is 18.0 Å². The summed E-state index contributed by atoms with van der Waals surface area (Å²) in [5, 5.41) is 8.13. The highest BCUT2D eigenvalue weighted by Gasteiger charge is 2.46. The minimum Gasteiger partial charge on any atom is -0.352 e. The third-order valence-corrected chi connectivity index (χ3v) is 4.67. The Balaban J connectivity index is 1.47. The Labute approximate surface area is 136 Å². The maximum absolute atomic E-state index is 15.4. The van der Waals surface area contributed by atoms with E-state index in [4.69, 9.17) is 4.52 Å². The van der Waals surface area contributed by atoms with Crippen molar-refractivity contribution in [3.8, 4) is 0 Å². The summed E-state index contributed by atoms with van der Waals surface area (Å²) in [5.74, 6) is 2.36. The van der Waals surface area contributed by atoms with Crippen LogP contribution in [-0.2, 0) is 5.67 Å². The Morgan fingerprint density at radius 2 is 2.21 bits per heavy atom. The van der Waals surface area contributed by atoms with Crippen molar-refractivity contribution in [2.45, 2.75) is 37.8 Å². The van der Waals surface area contributed by atoms with Gasteiger partial charge in [-0.2, -0.15) is 19.6 Å². The molecule has 8 nitrogen and oxygen atoms in total. The lowest BCUT2D eigenvalue weighted by Gasteiger charge is -2.20. The zero-order valence-electron chi connectivity index (χ0n) is 13.2. The van der Waals surface area contributed by atoms with E-state index in [0.717, 1.165) is 24.4 Å². The average Bonchev–Trinajstić information content (AvgIpc) is 3.00. The summed E-state index contributed by atoms with van der Waals surface area (Å²) < 4.78 is 22.3. The molecule has 2 fully saturated rings. The summed E-state index contributed by atoms with van der Waals surface area (Å²) in [6.07, 6.45) is 3.87. The molecule has 3 aromatic heterocycles. The molecule has 0 spiro atoms. The zero-order chi connectivity index (χ0) is 16.3. The van der Waals surface area contributed by atoms with Crippen LogP contribution >= 0.6 is 0 Å². The summed E-state index contributed by atoms with van der Waals surface area (Å²) in [4.78, 5) is 14.7. The molecule has 1 saturated heterocycles. The maximum Gasteiger partial charge on any atom is 0.266 e. The molecule has 2 aliphatic rings. The number of anilines is 1. The number of hydrogen-bond donors (Lipinski definition) is 0. The van der Waals surface area contributed by atoms with Crippen molar-refractivity contribution in [3.05, 3.63) is 29.8 Å². The zero-order valence-corrected chi connectivity index (χ0v) is 13.2. The fourth-order valence-corrected chi connectivity index (χ4v) is 3.20. The molecule has 1 unspecified atom stereocenters. The highest BCUT2D eigenvalue weighted by molar-refractivity contribution is 5.48. The number of halogens is 1. The number of alkyl halides is 1. The van der Waals surface area contributed by atoms with E-state index in [1.54, 1.807) is 4.52 Å². The van der Waals surface area contributed by atoms with Gasteiger partial charge in [-0.15, -0.1) is 0 Å². The van der Waals surface area contributed by atoms with Crippen LogP contribution in [0.5, 0.6) is 0 Å². The van der Waals surface area contributed by atoms with E-state index in [0.29, 0.717) is 30.5 Å². The minimum atomic E-state index is -1.63. The Morgan fingerprint density at radius 3 is 3.04 bits per heavy atom. The maximum atomic E-state index is 15.4. The first kappa shape index (κ1) is 13.8. The lowest BCUT2D eigenvalue weighted by atomic mass is 10.1. The molecule has 9 heteroatoms. The monoisotopic (exact) mass is 329 g/mol. The number of aromatic nitrogens is 6. The largest absolute Gasteiger partial charge is 0.352 e. The molecule has 0 aromatic carbocycles. The molecule has 24 heavy (non-hydrogen) atoms. The highest BCUT2D eigenvalue weighted by atomic mass is 19.1. The van der Waals surface area contributed by atoms with Crippen LogP contribution in [0.4, 0.5) is 10.2 Å². The number of nitrogens with zero attached hydrogens (tertiary/aromatic N) is 7. The molecule has 0 N–H and O–H groups in total. The predicted molar refractivity (Wildman–Crippen MR) is 81.4 cm³/mol. The summed E-state index contributed by atoms with van der Waals surface area (Å²) in [6.45, 7) is 2.57. The predicted octanol–water partition coefficient (Wildman–Crippen LogP) is 1.77. The van der Waals surface area contributed by atoms with Gasteiger partial charge in [0.15, 0.2) is 5.82 Å². The van der Waals surface area contributed by atoms with Crippen molar-refractivity contribution < 1.29 is 8.91 Å². The van der Waals surface area contributed by atoms with E-state index >= 15 is 4.39 Å². The van der Waals surface area contributed by atoms with Gasteiger partial charge in [0, 0.05) is 30.6 Å². The third-order valence-electron chi connectivity index (χ3n) is 4.67. The van der Waals surface area contributed by atoms with Crippen LogP contribution in [-0.4, -0.2) is 42.8 Å². The fourth-order valence-electron chi connectivity index (χ4n) is 3.20. The number of fused-ring (bicyclic) bond motifs is 1. The SMILES string of the molecule is Cc1cc(N2CCC(F)(c3nc(C4CC4)no3)C2)n2ncnc2n1. The first-order valence-electron chi connectivity index (χ1n) is 8.08. The smallest absolute Gasteiger partial charge is 0.266 e. The minimum absolute atomic E-state index is 0.0903. The molecular weight excluding hydrogens is 313 g/mol. The van der Waals surface area contributed by atoms with E-state index in [9.17, 15) is 0 Å². The van der Waals surface area contributed by atoms with Gasteiger partial charge in [-0.1, -0.05) is 5.16 Å². The van der Waals surface area contributed by atoms with Gasteiger partial charge in [0.2, 0.25) is 5.67 Å². The van der Waals surface area contributed by atoms with Crippen molar-refractivity contribution >= 4 is 11.6 Å². The van der Waals surface area contributed by atoms with Crippen LogP contribution in [0, 0.1) is 6.92 Å². The van der Waals surface area contributed by atoms with Gasteiger partial charge in [0.05, 0.1) is 6.54 Å². The van der Waals surface area contributed by atoms with Gasteiger partial charge in [-0.3, -0.25) is 0 Å². The second-order valence-corrected chi connectivity index (χ2v) is 6.60. The van der Waals surface area contributed by atoms with Gasteiger partial charge >= 0.3 is 0 Å². The molecule has 1 atom stereocenters. The van der Waals surface area contributed by atoms with Gasteiger partial charge in [-0.05, 0) is 19.8 Å². The van der Waals surface area contributed by atoms with Gasteiger partial charge in [0.1, 0.15) is 12.1 Å². The van der Waals surface area contributed by atoms with Crippen molar-refractivity contribution in [1.82, 2.24) is 29.7 Å². The first-order chi connectivity index (χ1) is 11.6. The van der Waals surface area contributed by atoms with Crippen molar-refractivity contribution in [2.24, 2.45) is 0 Å². The average molecular weight is 329 g/mol.